The van der Waals surface area contributed by atoms with Crippen molar-refractivity contribution in [2.45, 2.75) is 19.3 Å². The molecule has 3 heteroatoms. The van der Waals surface area contributed by atoms with Crippen LogP contribution in [0.1, 0.15) is 22.6 Å². The molecule has 0 aromatic heterocycles. The van der Waals surface area contributed by atoms with Crippen LogP contribution in [0.25, 0.3) is 0 Å². The Hall–Kier alpha value is -1.32. The van der Waals surface area contributed by atoms with Crippen LogP contribution in [0.2, 0.25) is 0 Å². The fraction of sp³-hybridized carbons (Fsp3) is 0.294. The second kappa shape index (κ2) is 6.91. The molecule has 106 valence electrons. The van der Waals surface area contributed by atoms with Gasteiger partial charge in [0.1, 0.15) is 5.75 Å². The molecular formula is C17H20BrNO. The van der Waals surface area contributed by atoms with Crippen LogP contribution in [0.5, 0.6) is 5.75 Å². The molecule has 0 saturated carbocycles. The number of hydrogen-bond donors (Lipinski definition) is 1. The predicted molar refractivity (Wildman–Crippen MR) is 87.4 cm³/mol. The van der Waals surface area contributed by atoms with Crippen LogP contribution in [0.15, 0.2) is 46.9 Å². The monoisotopic (exact) mass is 333 g/mol. The molecule has 0 bridgehead atoms. The average Bonchev–Trinajstić information content (AvgIpc) is 2.46. The summed E-state index contributed by atoms with van der Waals surface area (Å²) in [7, 11) is 1.68. The minimum absolute atomic E-state index is 0.343. The summed E-state index contributed by atoms with van der Waals surface area (Å²) in [5.41, 5.74) is 9.78. The largest absolute Gasteiger partial charge is 0.496 e. The number of methoxy groups -OCH3 is 1. The van der Waals surface area contributed by atoms with Crippen molar-refractivity contribution in [3.63, 3.8) is 0 Å². The van der Waals surface area contributed by atoms with Crippen LogP contribution in [0.4, 0.5) is 0 Å². The van der Waals surface area contributed by atoms with Crippen molar-refractivity contribution in [2.24, 2.45) is 5.73 Å². The normalized spacial score (nSPS) is 12.2. The van der Waals surface area contributed by atoms with Crippen molar-refractivity contribution < 1.29 is 4.74 Å². The molecule has 0 saturated heterocycles. The average molecular weight is 334 g/mol. The van der Waals surface area contributed by atoms with Gasteiger partial charge in [-0.2, -0.15) is 0 Å². The van der Waals surface area contributed by atoms with Gasteiger partial charge in [-0.05, 0) is 59.1 Å². The van der Waals surface area contributed by atoms with Crippen LogP contribution in [-0.4, -0.2) is 13.7 Å². The zero-order chi connectivity index (χ0) is 14.5. The van der Waals surface area contributed by atoms with E-state index in [1.165, 1.54) is 16.7 Å². The molecule has 0 radical (unpaired) electrons. The highest BCUT2D eigenvalue weighted by molar-refractivity contribution is 9.10. The Labute approximate surface area is 129 Å². The fourth-order valence-electron chi connectivity index (χ4n) is 2.30. The molecule has 2 nitrogen and oxygen atoms in total. The van der Waals surface area contributed by atoms with Crippen LogP contribution in [0, 0.1) is 6.92 Å². The molecule has 2 aromatic rings. The SMILES string of the molecule is COc1ccc(CC(CN)c2ccc(C)cc2)cc1Br. The van der Waals surface area contributed by atoms with Crippen LogP contribution in [0.3, 0.4) is 0 Å². The Bertz CT molecular complexity index is 566. The van der Waals surface area contributed by atoms with E-state index in [9.17, 15) is 0 Å². The van der Waals surface area contributed by atoms with E-state index in [1.54, 1.807) is 7.11 Å². The van der Waals surface area contributed by atoms with Gasteiger partial charge in [0.25, 0.3) is 0 Å². The topological polar surface area (TPSA) is 35.2 Å². The van der Waals surface area contributed by atoms with Gasteiger partial charge in [0, 0.05) is 5.92 Å². The van der Waals surface area contributed by atoms with E-state index < -0.39 is 0 Å². The molecule has 0 aliphatic carbocycles. The van der Waals surface area contributed by atoms with Crippen LogP contribution < -0.4 is 10.5 Å². The lowest BCUT2D eigenvalue weighted by atomic mass is 9.91. The summed E-state index contributed by atoms with van der Waals surface area (Å²) >= 11 is 3.53. The van der Waals surface area contributed by atoms with Gasteiger partial charge >= 0.3 is 0 Å². The van der Waals surface area contributed by atoms with Crippen molar-refractivity contribution >= 4 is 15.9 Å². The van der Waals surface area contributed by atoms with Gasteiger partial charge < -0.3 is 10.5 Å². The molecule has 2 aromatic carbocycles. The van der Waals surface area contributed by atoms with Gasteiger partial charge in [-0.15, -0.1) is 0 Å². The smallest absolute Gasteiger partial charge is 0.133 e. The van der Waals surface area contributed by atoms with E-state index >= 15 is 0 Å². The highest BCUT2D eigenvalue weighted by atomic mass is 79.9. The number of rotatable bonds is 5. The van der Waals surface area contributed by atoms with Gasteiger partial charge in [0.2, 0.25) is 0 Å². The quantitative estimate of drug-likeness (QED) is 0.895. The Kier molecular flexibility index (Phi) is 5.21. The van der Waals surface area contributed by atoms with Crippen molar-refractivity contribution in [3.8, 4) is 5.75 Å². The second-order valence-electron chi connectivity index (χ2n) is 5.02. The third-order valence-electron chi connectivity index (χ3n) is 3.53. The number of benzene rings is 2. The number of ether oxygens (including phenoxy) is 1. The molecule has 20 heavy (non-hydrogen) atoms. The second-order valence-corrected chi connectivity index (χ2v) is 5.87. The third-order valence-corrected chi connectivity index (χ3v) is 4.15. The molecule has 0 amide bonds. The molecule has 1 unspecified atom stereocenters. The Morgan fingerprint density at radius 1 is 1.15 bits per heavy atom. The first kappa shape index (κ1) is 15.1. The first-order valence-corrected chi connectivity index (χ1v) is 7.52. The highest BCUT2D eigenvalue weighted by Gasteiger charge is 2.11. The lowest BCUT2D eigenvalue weighted by Gasteiger charge is -2.16. The van der Waals surface area contributed by atoms with Crippen molar-refractivity contribution in [2.75, 3.05) is 13.7 Å². The summed E-state index contributed by atoms with van der Waals surface area (Å²) in [6.07, 6.45) is 0.933. The van der Waals surface area contributed by atoms with Gasteiger partial charge in [-0.3, -0.25) is 0 Å². The molecule has 2 rings (SSSR count). The summed E-state index contributed by atoms with van der Waals surface area (Å²) < 4.78 is 6.24. The standard InChI is InChI=1S/C17H20BrNO/c1-12-3-6-14(7-4-12)15(11-19)9-13-5-8-17(20-2)16(18)10-13/h3-8,10,15H,9,11,19H2,1-2H3. The summed E-state index contributed by atoms with van der Waals surface area (Å²) in [6.45, 7) is 2.74. The van der Waals surface area contributed by atoms with E-state index in [4.69, 9.17) is 10.5 Å². The molecule has 2 N–H and O–H groups in total. The summed E-state index contributed by atoms with van der Waals surface area (Å²) in [5.74, 6) is 1.20. The van der Waals surface area contributed by atoms with E-state index in [-0.39, 0.29) is 0 Å². The van der Waals surface area contributed by atoms with Gasteiger partial charge in [0.15, 0.2) is 0 Å². The number of nitrogens with two attached hydrogens (primary N) is 1. The summed E-state index contributed by atoms with van der Waals surface area (Å²) in [4.78, 5) is 0. The number of aryl methyl sites for hydroxylation is 1. The van der Waals surface area contributed by atoms with E-state index in [0.29, 0.717) is 12.5 Å². The Morgan fingerprint density at radius 2 is 1.85 bits per heavy atom. The van der Waals surface area contributed by atoms with Crippen molar-refractivity contribution in [3.05, 3.63) is 63.6 Å². The molecule has 0 fully saturated rings. The molecule has 0 aliphatic heterocycles. The first-order chi connectivity index (χ1) is 9.63. The highest BCUT2D eigenvalue weighted by Crippen LogP contribution is 2.28. The van der Waals surface area contributed by atoms with Gasteiger partial charge in [0.05, 0.1) is 11.6 Å². The minimum atomic E-state index is 0.343. The van der Waals surface area contributed by atoms with Gasteiger partial charge in [-0.1, -0.05) is 35.9 Å². The summed E-state index contributed by atoms with van der Waals surface area (Å²) in [5, 5.41) is 0. The molecule has 0 aliphatic rings. The lowest BCUT2D eigenvalue weighted by Crippen LogP contribution is -2.15. The number of halogens is 1. The molecular weight excluding hydrogens is 314 g/mol. The maximum Gasteiger partial charge on any atom is 0.133 e. The Balaban J connectivity index is 2.17. The molecule has 0 heterocycles. The van der Waals surface area contributed by atoms with E-state index in [0.717, 1.165) is 16.6 Å². The predicted octanol–water partition coefficient (Wildman–Crippen LogP) is 4.05. The Morgan fingerprint density at radius 3 is 2.40 bits per heavy atom. The third kappa shape index (κ3) is 3.62. The van der Waals surface area contributed by atoms with Crippen LogP contribution >= 0.6 is 15.9 Å². The van der Waals surface area contributed by atoms with E-state index in [1.807, 2.05) is 6.07 Å². The molecule has 1 atom stereocenters. The zero-order valence-electron chi connectivity index (χ0n) is 11.9. The van der Waals surface area contributed by atoms with Crippen LogP contribution in [-0.2, 0) is 6.42 Å². The minimum Gasteiger partial charge on any atom is -0.496 e. The maximum atomic E-state index is 5.95. The molecule has 0 spiro atoms. The number of hydrogen-bond acceptors (Lipinski definition) is 2. The zero-order valence-corrected chi connectivity index (χ0v) is 13.5. The fourth-order valence-corrected chi connectivity index (χ4v) is 2.89. The maximum absolute atomic E-state index is 5.95. The lowest BCUT2D eigenvalue weighted by molar-refractivity contribution is 0.412. The first-order valence-electron chi connectivity index (χ1n) is 6.73. The van der Waals surface area contributed by atoms with Crippen molar-refractivity contribution in [1.29, 1.82) is 0 Å². The van der Waals surface area contributed by atoms with Gasteiger partial charge in [-0.25, -0.2) is 0 Å². The van der Waals surface area contributed by atoms with E-state index in [2.05, 4.69) is 59.3 Å². The van der Waals surface area contributed by atoms with Crippen molar-refractivity contribution in [1.82, 2.24) is 0 Å². The summed E-state index contributed by atoms with van der Waals surface area (Å²) in [6, 6.07) is 14.8.